The fourth-order valence-electron chi connectivity index (χ4n) is 1.89. The van der Waals surface area contributed by atoms with Crippen LogP contribution in [-0.4, -0.2) is 44.5 Å². The molecule has 130 valence electrons. The van der Waals surface area contributed by atoms with Crippen LogP contribution in [0.4, 0.5) is 13.2 Å². The first-order valence-corrected chi connectivity index (χ1v) is 8.75. The quantitative estimate of drug-likeness (QED) is 0.761. The number of sulfonamides is 1. The van der Waals surface area contributed by atoms with E-state index in [1.807, 2.05) is 13.8 Å². The zero-order chi connectivity index (χ0) is 17.8. The molecular formula is C14H19F3N2O3S. The Labute approximate surface area is 133 Å². The summed E-state index contributed by atoms with van der Waals surface area (Å²) in [6.07, 6.45) is 1.05. The largest absolute Gasteiger partial charge is 0.351 e. The Kier molecular flexibility index (Phi) is 6.57. The van der Waals surface area contributed by atoms with Crippen molar-refractivity contribution in [3.63, 3.8) is 0 Å². The molecule has 1 aromatic carbocycles. The van der Waals surface area contributed by atoms with E-state index in [0.29, 0.717) is 6.07 Å². The van der Waals surface area contributed by atoms with Crippen LogP contribution in [0.1, 0.15) is 24.2 Å². The van der Waals surface area contributed by atoms with Crippen molar-refractivity contribution in [2.45, 2.75) is 13.8 Å². The van der Waals surface area contributed by atoms with Crippen molar-refractivity contribution in [3.05, 3.63) is 35.1 Å². The second kappa shape index (κ2) is 7.78. The third kappa shape index (κ3) is 5.51. The van der Waals surface area contributed by atoms with Crippen molar-refractivity contribution in [2.24, 2.45) is 5.92 Å². The predicted molar refractivity (Wildman–Crippen MR) is 79.9 cm³/mol. The van der Waals surface area contributed by atoms with E-state index < -0.39 is 38.9 Å². The van der Waals surface area contributed by atoms with Gasteiger partial charge in [-0.3, -0.25) is 4.79 Å². The summed E-state index contributed by atoms with van der Waals surface area (Å²) in [6.45, 7) is 3.86. The Morgan fingerprint density at radius 3 is 2.35 bits per heavy atom. The maximum Gasteiger partial charge on any atom is 0.254 e. The van der Waals surface area contributed by atoms with Gasteiger partial charge < -0.3 is 5.32 Å². The molecule has 0 bridgehead atoms. The summed E-state index contributed by atoms with van der Waals surface area (Å²) in [5.41, 5.74) is -0.640. The molecule has 0 radical (unpaired) electrons. The molecule has 23 heavy (non-hydrogen) atoms. The van der Waals surface area contributed by atoms with Crippen LogP contribution in [0.2, 0.25) is 0 Å². The first kappa shape index (κ1) is 19.4. The summed E-state index contributed by atoms with van der Waals surface area (Å²) < 4.78 is 63.8. The molecule has 1 rings (SSSR count). The van der Waals surface area contributed by atoms with Crippen LogP contribution in [-0.2, 0) is 10.0 Å². The lowest BCUT2D eigenvalue weighted by Gasteiger charge is -2.22. The highest BCUT2D eigenvalue weighted by atomic mass is 32.2. The fourth-order valence-corrected chi connectivity index (χ4v) is 2.88. The molecule has 0 spiro atoms. The van der Waals surface area contributed by atoms with Gasteiger partial charge in [0.15, 0.2) is 17.5 Å². The molecule has 0 fully saturated rings. The van der Waals surface area contributed by atoms with Crippen LogP contribution < -0.4 is 5.32 Å². The Hall–Kier alpha value is -1.61. The van der Waals surface area contributed by atoms with Gasteiger partial charge in [-0.05, 0) is 18.1 Å². The molecule has 0 aliphatic rings. The van der Waals surface area contributed by atoms with E-state index in [-0.39, 0.29) is 25.6 Å². The van der Waals surface area contributed by atoms with Crippen molar-refractivity contribution < 1.29 is 26.4 Å². The molecule has 5 nitrogen and oxygen atoms in total. The standard InChI is InChI=1S/C14H19F3N2O3S/c1-9(2)8-19(23(3,21)22)7-6-18-14(20)10-4-5-11(15)13(17)12(10)16/h4-5,9H,6-8H2,1-3H3,(H,18,20). The van der Waals surface area contributed by atoms with Crippen molar-refractivity contribution in [1.82, 2.24) is 9.62 Å². The van der Waals surface area contributed by atoms with Crippen molar-refractivity contribution >= 4 is 15.9 Å². The topological polar surface area (TPSA) is 66.5 Å². The molecule has 0 unspecified atom stereocenters. The molecule has 0 aliphatic heterocycles. The molecule has 9 heteroatoms. The van der Waals surface area contributed by atoms with Gasteiger partial charge >= 0.3 is 0 Å². The van der Waals surface area contributed by atoms with E-state index >= 15 is 0 Å². The maximum atomic E-state index is 13.5. The van der Waals surface area contributed by atoms with Crippen molar-refractivity contribution in [3.8, 4) is 0 Å². The Balaban J connectivity index is 2.71. The molecule has 1 N–H and O–H groups in total. The van der Waals surface area contributed by atoms with Gasteiger partial charge in [0.05, 0.1) is 11.8 Å². The lowest BCUT2D eigenvalue weighted by atomic mass is 10.2. The second-order valence-corrected chi connectivity index (χ2v) is 7.48. The summed E-state index contributed by atoms with van der Waals surface area (Å²) in [5, 5.41) is 2.29. The number of carbonyl (C=O) groups is 1. The van der Waals surface area contributed by atoms with Gasteiger partial charge in [-0.2, -0.15) is 0 Å². The van der Waals surface area contributed by atoms with Crippen molar-refractivity contribution in [2.75, 3.05) is 25.9 Å². The molecule has 0 saturated heterocycles. The molecule has 0 heterocycles. The van der Waals surface area contributed by atoms with Gasteiger partial charge in [-0.15, -0.1) is 0 Å². The first-order chi connectivity index (χ1) is 10.5. The smallest absolute Gasteiger partial charge is 0.254 e. The average Bonchev–Trinajstić information content (AvgIpc) is 2.42. The first-order valence-electron chi connectivity index (χ1n) is 6.90. The molecule has 0 atom stereocenters. The molecule has 0 aromatic heterocycles. The third-order valence-corrected chi connectivity index (χ3v) is 4.23. The highest BCUT2D eigenvalue weighted by Gasteiger charge is 2.20. The van der Waals surface area contributed by atoms with Gasteiger partial charge in [0.25, 0.3) is 5.91 Å². The van der Waals surface area contributed by atoms with E-state index in [2.05, 4.69) is 5.32 Å². The van der Waals surface area contributed by atoms with Gasteiger partial charge in [-0.1, -0.05) is 13.8 Å². The highest BCUT2D eigenvalue weighted by molar-refractivity contribution is 7.88. The van der Waals surface area contributed by atoms with Gasteiger partial charge in [0.1, 0.15) is 0 Å². The lowest BCUT2D eigenvalue weighted by molar-refractivity contribution is 0.0946. The van der Waals surface area contributed by atoms with Crippen molar-refractivity contribution in [1.29, 1.82) is 0 Å². The van der Waals surface area contributed by atoms with E-state index in [9.17, 15) is 26.4 Å². The number of nitrogens with zero attached hydrogens (tertiary/aromatic N) is 1. The normalized spacial score (nSPS) is 12.0. The number of halogens is 3. The summed E-state index contributed by atoms with van der Waals surface area (Å²) in [6, 6.07) is 1.47. The molecule has 1 amide bonds. The number of rotatable bonds is 7. The van der Waals surface area contributed by atoms with E-state index in [4.69, 9.17) is 0 Å². The Morgan fingerprint density at radius 2 is 1.83 bits per heavy atom. The Morgan fingerprint density at radius 1 is 1.22 bits per heavy atom. The lowest BCUT2D eigenvalue weighted by Crippen LogP contribution is -2.40. The van der Waals surface area contributed by atoms with Gasteiger partial charge in [-0.25, -0.2) is 25.9 Å². The van der Waals surface area contributed by atoms with E-state index in [0.717, 1.165) is 12.3 Å². The predicted octanol–water partition coefficient (Wildman–Crippen LogP) is 1.75. The fraction of sp³-hybridized carbons (Fsp3) is 0.500. The zero-order valence-electron chi connectivity index (χ0n) is 13.1. The van der Waals surface area contributed by atoms with Crippen LogP contribution in [0.3, 0.4) is 0 Å². The number of benzene rings is 1. The summed E-state index contributed by atoms with van der Waals surface area (Å²) in [4.78, 5) is 11.8. The minimum Gasteiger partial charge on any atom is -0.351 e. The summed E-state index contributed by atoms with van der Waals surface area (Å²) in [5.74, 6) is -5.55. The molecule has 0 aliphatic carbocycles. The third-order valence-electron chi connectivity index (χ3n) is 2.96. The Bertz CT molecular complexity index is 678. The van der Waals surface area contributed by atoms with Gasteiger partial charge in [0, 0.05) is 19.6 Å². The number of hydrogen-bond donors (Lipinski definition) is 1. The van der Waals surface area contributed by atoms with E-state index in [1.54, 1.807) is 0 Å². The van der Waals surface area contributed by atoms with E-state index in [1.165, 1.54) is 4.31 Å². The number of carbonyl (C=O) groups excluding carboxylic acids is 1. The summed E-state index contributed by atoms with van der Waals surface area (Å²) >= 11 is 0. The SMILES string of the molecule is CC(C)CN(CCNC(=O)c1ccc(F)c(F)c1F)S(C)(=O)=O. The molecular weight excluding hydrogens is 333 g/mol. The number of hydrogen-bond acceptors (Lipinski definition) is 3. The maximum absolute atomic E-state index is 13.5. The minimum atomic E-state index is -3.44. The van der Waals surface area contributed by atoms with Crippen LogP contribution in [0.15, 0.2) is 12.1 Å². The summed E-state index contributed by atoms with van der Waals surface area (Å²) in [7, 11) is -3.44. The average molecular weight is 352 g/mol. The van der Waals surface area contributed by atoms with Crippen LogP contribution in [0.5, 0.6) is 0 Å². The van der Waals surface area contributed by atoms with Crippen LogP contribution >= 0.6 is 0 Å². The zero-order valence-corrected chi connectivity index (χ0v) is 13.9. The molecule has 1 aromatic rings. The molecule has 0 saturated carbocycles. The van der Waals surface area contributed by atoms with Crippen LogP contribution in [0.25, 0.3) is 0 Å². The second-order valence-electron chi connectivity index (χ2n) is 5.49. The highest BCUT2D eigenvalue weighted by Crippen LogP contribution is 2.15. The number of amides is 1. The van der Waals surface area contributed by atoms with Crippen LogP contribution in [0, 0.1) is 23.4 Å². The van der Waals surface area contributed by atoms with Gasteiger partial charge in [0.2, 0.25) is 10.0 Å². The monoisotopic (exact) mass is 352 g/mol. The number of nitrogens with one attached hydrogen (secondary N) is 1. The minimum absolute atomic E-state index is 0.00590.